The van der Waals surface area contributed by atoms with Crippen molar-refractivity contribution in [2.24, 2.45) is 0 Å². The van der Waals surface area contributed by atoms with Crippen LogP contribution in [0.3, 0.4) is 0 Å². The molecule has 0 saturated carbocycles. The van der Waals surface area contributed by atoms with Crippen LogP contribution >= 0.6 is 0 Å². The molecule has 1 aromatic rings. The van der Waals surface area contributed by atoms with E-state index in [0.717, 1.165) is 0 Å². The molecule has 1 aromatic carbocycles. The molecule has 6 heteroatoms. The molecule has 0 aliphatic heterocycles. The Balaban J connectivity index is 2.72. The Morgan fingerprint density at radius 1 is 1.35 bits per heavy atom. The van der Waals surface area contributed by atoms with Crippen molar-refractivity contribution in [1.82, 2.24) is 5.32 Å². The second-order valence-electron chi connectivity index (χ2n) is 4.60. The summed E-state index contributed by atoms with van der Waals surface area (Å²) in [7, 11) is 0. The number of nitrogen functional groups attached to an aromatic ring is 1. The van der Waals surface area contributed by atoms with Gasteiger partial charge in [-0.2, -0.15) is 0 Å². The average molecular weight is 279 g/mol. The van der Waals surface area contributed by atoms with Crippen LogP contribution in [0.5, 0.6) is 0 Å². The fraction of sp³-hybridized carbons (Fsp3) is 0.429. The second-order valence-corrected chi connectivity index (χ2v) is 4.60. The standard InChI is InChI=1S/C14H21N3O3/c1-4-20-14(19)10-5-6-11(15)12(7-10)16-8-13(18)17-9(2)3/h5-7,9,16H,4,8,15H2,1-3H3,(H,17,18). The maximum atomic E-state index is 11.6. The SMILES string of the molecule is CCOC(=O)c1ccc(N)c(NCC(=O)NC(C)C)c1. The Morgan fingerprint density at radius 2 is 2.05 bits per heavy atom. The quantitative estimate of drug-likeness (QED) is 0.540. The minimum Gasteiger partial charge on any atom is -0.462 e. The number of esters is 1. The van der Waals surface area contributed by atoms with Crippen molar-refractivity contribution in [2.75, 3.05) is 24.2 Å². The number of nitrogens with two attached hydrogens (primary N) is 1. The molecule has 1 rings (SSSR count). The first kappa shape index (κ1) is 15.8. The van der Waals surface area contributed by atoms with E-state index in [1.165, 1.54) is 0 Å². The maximum Gasteiger partial charge on any atom is 0.338 e. The van der Waals surface area contributed by atoms with Crippen LogP contribution in [-0.4, -0.2) is 31.1 Å². The Labute approximate surface area is 118 Å². The summed E-state index contributed by atoms with van der Waals surface area (Å²) in [6.45, 7) is 5.91. The predicted octanol–water partition coefficient (Wildman–Crippen LogP) is 1.38. The van der Waals surface area contributed by atoms with Crippen molar-refractivity contribution in [3.8, 4) is 0 Å². The molecule has 0 aliphatic rings. The molecule has 4 N–H and O–H groups in total. The van der Waals surface area contributed by atoms with Crippen molar-refractivity contribution >= 4 is 23.3 Å². The minimum atomic E-state index is -0.415. The van der Waals surface area contributed by atoms with Gasteiger partial charge in [0.25, 0.3) is 0 Å². The smallest absolute Gasteiger partial charge is 0.338 e. The van der Waals surface area contributed by atoms with E-state index in [1.54, 1.807) is 25.1 Å². The summed E-state index contributed by atoms with van der Waals surface area (Å²) >= 11 is 0. The van der Waals surface area contributed by atoms with Crippen LogP contribution in [-0.2, 0) is 9.53 Å². The third-order valence-corrected chi connectivity index (χ3v) is 2.45. The van der Waals surface area contributed by atoms with E-state index in [4.69, 9.17) is 10.5 Å². The number of nitrogens with one attached hydrogen (secondary N) is 2. The molecular formula is C14H21N3O3. The molecule has 110 valence electrons. The van der Waals surface area contributed by atoms with Gasteiger partial charge >= 0.3 is 5.97 Å². The molecule has 0 unspecified atom stereocenters. The van der Waals surface area contributed by atoms with Crippen molar-refractivity contribution in [3.05, 3.63) is 23.8 Å². The van der Waals surface area contributed by atoms with Gasteiger partial charge in [0.15, 0.2) is 0 Å². The molecule has 0 heterocycles. The van der Waals surface area contributed by atoms with Gasteiger partial charge in [0.2, 0.25) is 5.91 Å². The number of rotatable bonds is 6. The third kappa shape index (κ3) is 4.79. The summed E-state index contributed by atoms with van der Waals surface area (Å²) in [5, 5.41) is 5.67. The number of ether oxygens (including phenoxy) is 1. The number of carbonyl (C=O) groups is 2. The van der Waals surface area contributed by atoms with Crippen molar-refractivity contribution in [1.29, 1.82) is 0 Å². The molecule has 0 spiro atoms. The zero-order valence-corrected chi connectivity index (χ0v) is 12.0. The van der Waals surface area contributed by atoms with E-state index in [2.05, 4.69) is 10.6 Å². The van der Waals surface area contributed by atoms with Gasteiger partial charge in [-0.05, 0) is 39.0 Å². The van der Waals surface area contributed by atoms with E-state index >= 15 is 0 Å². The van der Waals surface area contributed by atoms with Gasteiger partial charge in [0.05, 0.1) is 30.1 Å². The molecular weight excluding hydrogens is 258 g/mol. The Hall–Kier alpha value is -2.24. The van der Waals surface area contributed by atoms with Crippen LogP contribution < -0.4 is 16.4 Å². The molecule has 0 fully saturated rings. The van der Waals surface area contributed by atoms with Gasteiger partial charge in [-0.3, -0.25) is 4.79 Å². The van der Waals surface area contributed by atoms with Crippen LogP contribution in [0.2, 0.25) is 0 Å². The van der Waals surface area contributed by atoms with Gasteiger partial charge in [0, 0.05) is 6.04 Å². The molecule has 0 saturated heterocycles. The fourth-order valence-electron chi connectivity index (χ4n) is 1.60. The molecule has 20 heavy (non-hydrogen) atoms. The van der Waals surface area contributed by atoms with Gasteiger partial charge in [-0.1, -0.05) is 0 Å². The first-order chi connectivity index (χ1) is 9.43. The topological polar surface area (TPSA) is 93.4 Å². The number of carbonyl (C=O) groups excluding carboxylic acids is 2. The van der Waals surface area contributed by atoms with Crippen LogP contribution in [0.25, 0.3) is 0 Å². The van der Waals surface area contributed by atoms with Crippen LogP contribution in [0.15, 0.2) is 18.2 Å². The van der Waals surface area contributed by atoms with Gasteiger partial charge in [-0.15, -0.1) is 0 Å². The number of anilines is 2. The Bertz CT molecular complexity index is 487. The molecule has 0 aromatic heterocycles. The van der Waals surface area contributed by atoms with Crippen molar-refractivity contribution in [2.45, 2.75) is 26.8 Å². The number of benzene rings is 1. The van der Waals surface area contributed by atoms with Crippen molar-refractivity contribution in [3.63, 3.8) is 0 Å². The largest absolute Gasteiger partial charge is 0.462 e. The van der Waals surface area contributed by atoms with Crippen LogP contribution in [0.4, 0.5) is 11.4 Å². The van der Waals surface area contributed by atoms with Crippen LogP contribution in [0.1, 0.15) is 31.1 Å². The van der Waals surface area contributed by atoms with Gasteiger partial charge in [0.1, 0.15) is 0 Å². The first-order valence-electron chi connectivity index (χ1n) is 6.54. The van der Waals surface area contributed by atoms with Gasteiger partial charge < -0.3 is 21.1 Å². The molecule has 0 atom stereocenters. The highest BCUT2D eigenvalue weighted by atomic mass is 16.5. The zero-order valence-electron chi connectivity index (χ0n) is 12.0. The Morgan fingerprint density at radius 3 is 2.65 bits per heavy atom. The summed E-state index contributed by atoms with van der Waals surface area (Å²) in [6.07, 6.45) is 0. The van der Waals surface area contributed by atoms with Crippen molar-refractivity contribution < 1.29 is 14.3 Å². The fourth-order valence-corrected chi connectivity index (χ4v) is 1.60. The number of hydrogen-bond acceptors (Lipinski definition) is 5. The van der Waals surface area contributed by atoms with E-state index in [-0.39, 0.29) is 18.5 Å². The Kier molecular flexibility index (Phi) is 5.83. The van der Waals surface area contributed by atoms with E-state index < -0.39 is 5.97 Å². The lowest BCUT2D eigenvalue weighted by Gasteiger charge is -2.12. The summed E-state index contributed by atoms with van der Waals surface area (Å²) in [5.41, 5.74) is 7.21. The molecule has 6 nitrogen and oxygen atoms in total. The normalized spacial score (nSPS) is 10.2. The lowest BCUT2D eigenvalue weighted by molar-refractivity contribution is -0.119. The van der Waals surface area contributed by atoms with Crippen LogP contribution in [0, 0.1) is 0 Å². The zero-order chi connectivity index (χ0) is 15.1. The first-order valence-corrected chi connectivity index (χ1v) is 6.54. The summed E-state index contributed by atoms with van der Waals surface area (Å²) in [6, 6.07) is 4.85. The second kappa shape index (κ2) is 7.37. The average Bonchev–Trinajstić information content (AvgIpc) is 2.37. The highest BCUT2D eigenvalue weighted by molar-refractivity contribution is 5.92. The summed E-state index contributed by atoms with van der Waals surface area (Å²) in [4.78, 5) is 23.2. The van der Waals surface area contributed by atoms with E-state index in [1.807, 2.05) is 13.8 Å². The highest BCUT2D eigenvalue weighted by Crippen LogP contribution is 2.20. The number of amides is 1. The summed E-state index contributed by atoms with van der Waals surface area (Å²) in [5.74, 6) is -0.553. The van der Waals surface area contributed by atoms with E-state index in [0.29, 0.717) is 23.5 Å². The van der Waals surface area contributed by atoms with E-state index in [9.17, 15) is 9.59 Å². The summed E-state index contributed by atoms with van der Waals surface area (Å²) < 4.78 is 4.91. The molecule has 1 amide bonds. The lowest BCUT2D eigenvalue weighted by Crippen LogP contribution is -2.34. The minimum absolute atomic E-state index is 0.0764. The van der Waals surface area contributed by atoms with Gasteiger partial charge in [-0.25, -0.2) is 4.79 Å². The maximum absolute atomic E-state index is 11.6. The monoisotopic (exact) mass is 279 g/mol. The molecule has 0 radical (unpaired) electrons. The predicted molar refractivity (Wildman–Crippen MR) is 78.6 cm³/mol. The number of hydrogen-bond donors (Lipinski definition) is 3. The highest BCUT2D eigenvalue weighted by Gasteiger charge is 2.10. The third-order valence-electron chi connectivity index (χ3n) is 2.45. The molecule has 0 aliphatic carbocycles. The molecule has 0 bridgehead atoms. The lowest BCUT2D eigenvalue weighted by atomic mass is 10.1.